The molecule has 6 heteroatoms. The Hall–Kier alpha value is -2.18. The molecule has 0 spiro atoms. The first-order valence-corrected chi connectivity index (χ1v) is 10.3. The summed E-state index contributed by atoms with van der Waals surface area (Å²) in [6.07, 6.45) is 1.10. The zero-order chi connectivity index (χ0) is 19.5. The van der Waals surface area contributed by atoms with Crippen molar-refractivity contribution in [1.29, 1.82) is 0 Å². The van der Waals surface area contributed by atoms with Gasteiger partial charge in [0, 0.05) is 7.05 Å². The number of hydrogen-bond donors (Lipinski definition) is 1. The van der Waals surface area contributed by atoms with Gasteiger partial charge in [-0.3, -0.25) is 4.79 Å². The van der Waals surface area contributed by atoms with E-state index in [0.29, 0.717) is 5.56 Å². The third-order valence-electron chi connectivity index (χ3n) is 4.64. The van der Waals surface area contributed by atoms with Crippen molar-refractivity contribution < 1.29 is 13.2 Å². The summed E-state index contributed by atoms with van der Waals surface area (Å²) in [4.78, 5) is 13.0. The SMILES string of the molecule is Cc1ccc([C@H](C)NC(=O)[C@H](c2ccccc2)N(C)S(C)(=O)=O)cc1C. The highest BCUT2D eigenvalue weighted by Crippen LogP contribution is 2.24. The van der Waals surface area contributed by atoms with Gasteiger partial charge in [0.25, 0.3) is 0 Å². The minimum absolute atomic E-state index is 0.235. The maximum absolute atomic E-state index is 13.0. The molecule has 0 aliphatic rings. The Bertz CT molecular complexity index is 879. The first-order chi connectivity index (χ1) is 12.1. The molecule has 2 aromatic rings. The van der Waals surface area contributed by atoms with Crippen LogP contribution in [0.4, 0.5) is 0 Å². The summed E-state index contributed by atoms with van der Waals surface area (Å²) >= 11 is 0. The summed E-state index contributed by atoms with van der Waals surface area (Å²) in [6, 6.07) is 13.8. The maximum Gasteiger partial charge on any atom is 0.243 e. The number of carbonyl (C=O) groups excluding carboxylic acids is 1. The summed E-state index contributed by atoms with van der Waals surface area (Å²) in [5.74, 6) is -0.352. The van der Waals surface area contributed by atoms with Crippen molar-refractivity contribution in [3.05, 3.63) is 70.8 Å². The molecule has 0 aliphatic carbocycles. The zero-order valence-electron chi connectivity index (χ0n) is 15.9. The number of sulfonamides is 1. The van der Waals surface area contributed by atoms with Gasteiger partial charge in [-0.1, -0.05) is 48.5 Å². The van der Waals surface area contributed by atoms with Gasteiger partial charge in [0.15, 0.2) is 0 Å². The molecule has 0 unspecified atom stereocenters. The first-order valence-electron chi connectivity index (χ1n) is 8.46. The number of nitrogens with one attached hydrogen (secondary N) is 1. The standard InChI is InChI=1S/C20H26N2O3S/c1-14-11-12-18(13-15(14)2)16(3)21-20(23)19(22(4)26(5,24)25)17-9-7-6-8-10-17/h6-13,16,19H,1-5H3,(H,21,23)/t16-,19-/m0/s1. The second-order valence-electron chi connectivity index (χ2n) is 6.67. The van der Waals surface area contributed by atoms with Crippen LogP contribution in [0, 0.1) is 13.8 Å². The van der Waals surface area contributed by atoms with Crippen LogP contribution in [0.25, 0.3) is 0 Å². The van der Waals surface area contributed by atoms with Gasteiger partial charge in [-0.15, -0.1) is 0 Å². The molecule has 1 amide bonds. The van der Waals surface area contributed by atoms with Gasteiger partial charge in [0.1, 0.15) is 6.04 Å². The molecule has 0 heterocycles. The van der Waals surface area contributed by atoms with E-state index in [-0.39, 0.29) is 11.9 Å². The number of hydrogen-bond acceptors (Lipinski definition) is 3. The third kappa shape index (κ3) is 4.71. The number of carbonyl (C=O) groups is 1. The molecule has 2 atom stereocenters. The monoisotopic (exact) mass is 374 g/mol. The molecule has 0 radical (unpaired) electrons. The number of rotatable bonds is 6. The molecular weight excluding hydrogens is 348 g/mol. The Morgan fingerprint density at radius 3 is 2.15 bits per heavy atom. The van der Waals surface area contributed by atoms with Crippen LogP contribution in [0.1, 0.15) is 41.3 Å². The molecule has 0 fully saturated rings. The van der Waals surface area contributed by atoms with Gasteiger partial charge in [0.05, 0.1) is 12.3 Å². The number of likely N-dealkylation sites (N-methyl/N-ethyl adjacent to an activating group) is 1. The van der Waals surface area contributed by atoms with Gasteiger partial charge in [-0.2, -0.15) is 4.31 Å². The van der Waals surface area contributed by atoms with E-state index in [1.807, 2.05) is 45.0 Å². The van der Waals surface area contributed by atoms with Crippen molar-refractivity contribution in [2.45, 2.75) is 32.9 Å². The fourth-order valence-electron chi connectivity index (χ4n) is 2.76. The quantitative estimate of drug-likeness (QED) is 0.845. The highest BCUT2D eigenvalue weighted by molar-refractivity contribution is 7.88. The van der Waals surface area contributed by atoms with Crippen molar-refractivity contribution in [3.63, 3.8) is 0 Å². The number of benzene rings is 2. The van der Waals surface area contributed by atoms with Crippen LogP contribution in [-0.2, 0) is 14.8 Å². The molecule has 140 valence electrons. The summed E-state index contributed by atoms with van der Waals surface area (Å²) in [6.45, 7) is 5.96. The van der Waals surface area contributed by atoms with Gasteiger partial charge in [-0.05, 0) is 43.0 Å². The van der Waals surface area contributed by atoms with E-state index in [1.165, 1.54) is 12.6 Å². The summed E-state index contributed by atoms with van der Waals surface area (Å²) in [5, 5.41) is 2.95. The van der Waals surface area contributed by atoms with E-state index in [4.69, 9.17) is 0 Å². The lowest BCUT2D eigenvalue weighted by Gasteiger charge is -2.27. The fraction of sp³-hybridized carbons (Fsp3) is 0.350. The Labute approximate surface area is 156 Å². The van der Waals surface area contributed by atoms with Crippen molar-refractivity contribution in [1.82, 2.24) is 9.62 Å². The van der Waals surface area contributed by atoms with Crippen molar-refractivity contribution in [3.8, 4) is 0 Å². The van der Waals surface area contributed by atoms with Crippen LogP contribution in [0.15, 0.2) is 48.5 Å². The Balaban J connectivity index is 2.30. The highest BCUT2D eigenvalue weighted by atomic mass is 32.2. The molecular formula is C20H26N2O3S. The van der Waals surface area contributed by atoms with E-state index < -0.39 is 16.1 Å². The molecule has 26 heavy (non-hydrogen) atoms. The van der Waals surface area contributed by atoms with Crippen LogP contribution in [-0.4, -0.2) is 31.9 Å². The van der Waals surface area contributed by atoms with E-state index in [0.717, 1.165) is 21.7 Å². The van der Waals surface area contributed by atoms with Gasteiger partial charge >= 0.3 is 0 Å². The molecule has 0 aromatic heterocycles. The fourth-order valence-corrected chi connectivity index (χ4v) is 3.36. The molecule has 2 aromatic carbocycles. The summed E-state index contributed by atoms with van der Waals surface area (Å²) in [5.41, 5.74) is 3.95. The van der Waals surface area contributed by atoms with Crippen LogP contribution in [0.3, 0.4) is 0 Å². The molecule has 0 saturated carbocycles. The highest BCUT2D eigenvalue weighted by Gasteiger charge is 2.31. The third-order valence-corrected chi connectivity index (χ3v) is 5.90. The second-order valence-corrected chi connectivity index (χ2v) is 8.71. The smallest absolute Gasteiger partial charge is 0.243 e. The largest absolute Gasteiger partial charge is 0.348 e. The van der Waals surface area contributed by atoms with Crippen molar-refractivity contribution >= 4 is 15.9 Å². The van der Waals surface area contributed by atoms with E-state index >= 15 is 0 Å². The molecule has 0 saturated heterocycles. The van der Waals surface area contributed by atoms with Crippen LogP contribution < -0.4 is 5.32 Å². The van der Waals surface area contributed by atoms with Gasteiger partial charge in [0.2, 0.25) is 15.9 Å². The minimum Gasteiger partial charge on any atom is -0.348 e. The molecule has 0 aliphatic heterocycles. The van der Waals surface area contributed by atoms with Crippen LogP contribution in [0.5, 0.6) is 0 Å². The number of amides is 1. The topological polar surface area (TPSA) is 66.5 Å². The van der Waals surface area contributed by atoms with Crippen molar-refractivity contribution in [2.75, 3.05) is 13.3 Å². The predicted molar refractivity (Wildman–Crippen MR) is 104 cm³/mol. The minimum atomic E-state index is -3.54. The first kappa shape index (κ1) is 20.1. The Kier molecular flexibility index (Phi) is 6.21. The van der Waals surface area contributed by atoms with Gasteiger partial charge < -0.3 is 5.32 Å². The average Bonchev–Trinajstić information content (AvgIpc) is 2.57. The lowest BCUT2D eigenvalue weighted by atomic mass is 10.0. The van der Waals surface area contributed by atoms with Crippen LogP contribution >= 0.6 is 0 Å². The zero-order valence-corrected chi connectivity index (χ0v) is 16.7. The normalized spacial score (nSPS) is 14.1. The van der Waals surface area contributed by atoms with E-state index in [1.54, 1.807) is 24.3 Å². The summed E-state index contributed by atoms with van der Waals surface area (Å²) < 4.78 is 25.2. The predicted octanol–water partition coefficient (Wildman–Crippen LogP) is 3.11. The molecule has 0 bridgehead atoms. The maximum atomic E-state index is 13.0. The van der Waals surface area contributed by atoms with Gasteiger partial charge in [-0.25, -0.2) is 8.42 Å². The van der Waals surface area contributed by atoms with E-state index in [9.17, 15) is 13.2 Å². The lowest BCUT2D eigenvalue weighted by molar-refractivity contribution is -0.125. The Morgan fingerprint density at radius 2 is 1.62 bits per heavy atom. The molecule has 2 rings (SSSR count). The molecule has 1 N–H and O–H groups in total. The van der Waals surface area contributed by atoms with Crippen molar-refractivity contribution in [2.24, 2.45) is 0 Å². The number of nitrogens with zero attached hydrogens (tertiary/aromatic N) is 1. The molecule has 5 nitrogen and oxygen atoms in total. The summed E-state index contributed by atoms with van der Waals surface area (Å²) in [7, 11) is -2.11. The van der Waals surface area contributed by atoms with E-state index in [2.05, 4.69) is 5.32 Å². The second kappa shape index (κ2) is 8.01. The average molecular weight is 375 g/mol. The van der Waals surface area contributed by atoms with Crippen LogP contribution in [0.2, 0.25) is 0 Å². The Morgan fingerprint density at radius 1 is 1.00 bits per heavy atom. The number of aryl methyl sites for hydroxylation is 2. The lowest BCUT2D eigenvalue weighted by Crippen LogP contribution is -2.42.